The molecule has 0 aliphatic heterocycles. The average molecular weight is 419 g/mol. The number of halogens is 2. The van der Waals surface area contributed by atoms with E-state index in [9.17, 15) is 18.4 Å². The molecule has 0 bridgehead atoms. The Morgan fingerprint density at radius 1 is 1.14 bits per heavy atom. The highest BCUT2D eigenvalue weighted by Gasteiger charge is 2.18. The summed E-state index contributed by atoms with van der Waals surface area (Å²) in [6, 6.07) is 9.52. The van der Waals surface area contributed by atoms with Crippen LogP contribution >= 0.6 is 23.1 Å². The number of aryl methyl sites for hydroxylation is 1. The van der Waals surface area contributed by atoms with Crippen molar-refractivity contribution in [2.45, 2.75) is 17.0 Å². The zero-order valence-electron chi connectivity index (χ0n) is 14.8. The van der Waals surface area contributed by atoms with Gasteiger partial charge < -0.3 is 4.74 Å². The number of rotatable bonds is 7. The maximum absolute atomic E-state index is 13.7. The summed E-state index contributed by atoms with van der Waals surface area (Å²) in [5.74, 6) is -2.68. The quantitative estimate of drug-likeness (QED) is 0.304. The summed E-state index contributed by atoms with van der Waals surface area (Å²) in [6.07, 6.45) is 0. The zero-order valence-corrected chi connectivity index (χ0v) is 16.4. The first-order valence-electron chi connectivity index (χ1n) is 8.22. The number of hydrogen-bond donors (Lipinski definition) is 0. The molecule has 4 nitrogen and oxygen atoms in total. The predicted octanol–water partition coefficient (Wildman–Crippen LogP) is 5.06. The molecule has 144 valence electrons. The van der Waals surface area contributed by atoms with Crippen LogP contribution in [-0.4, -0.2) is 23.3 Å². The number of nitrogens with zero attached hydrogens (tertiary/aromatic N) is 1. The summed E-state index contributed by atoms with van der Waals surface area (Å²) in [7, 11) is 0. The summed E-state index contributed by atoms with van der Waals surface area (Å²) in [4.78, 5) is 28.8. The molecular weight excluding hydrogens is 404 g/mol. The van der Waals surface area contributed by atoms with Gasteiger partial charge in [-0.1, -0.05) is 30.0 Å². The SMILES string of the molecule is Cc1csc(SCc2ccccc2C(=O)OCC(=O)c2ccc(F)cc2F)n1. The first kappa shape index (κ1) is 20.2. The van der Waals surface area contributed by atoms with Crippen LogP contribution in [0.25, 0.3) is 0 Å². The molecular formula is C20H15F2NO3S2. The highest BCUT2D eigenvalue weighted by Crippen LogP contribution is 2.27. The minimum absolute atomic E-state index is 0.322. The number of esters is 1. The van der Waals surface area contributed by atoms with Gasteiger partial charge in [0.25, 0.3) is 0 Å². The van der Waals surface area contributed by atoms with E-state index in [1.165, 1.54) is 23.1 Å². The Morgan fingerprint density at radius 3 is 2.64 bits per heavy atom. The Morgan fingerprint density at radius 2 is 1.93 bits per heavy atom. The Kier molecular flexibility index (Phi) is 6.53. The minimum atomic E-state index is -0.989. The lowest BCUT2D eigenvalue weighted by Gasteiger charge is -2.09. The van der Waals surface area contributed by atoms with Gasteiger partial charge in [0.2, 0.25) is 5.78 Å². The average Bonchev–Trinajstić information content (AvgIpc) is 3.09. The third-order valence-corrected chi connectivity index (χ3v) is 5.94. The van der Waals surface area contributed by atoms with Crippen molar-refractivity contribution in [3.05, 3.63) is 81.9 Å². The summed E-state index contributed by atoms with van der Waals surface area (Å²) in [6.45, 7) is 1.28. The predicted molar refractivity (Wildman–Crippen MR) is 104 cm³/mol. The molecule has 1 aromatic heterocycles. The fourth-order valence-electron chi connectivity index (χ4n) is 2.39. The van der Waals surface area contributed by atoms with Gasteiger partial charge in [-0.15, -0.1) is 11.3 Å². The largest absolute Gasteiger partial charge is 0.454 e. The first-order valence-corrected chi connectivity index (χ1v) is 10.1. The normalized spacial score (nSPS) is 10.7. The second kappa shape index (κ2) is 9.07. The molecule has 0 atom stereocenters. The number of benzene rings is 2. The maximum atomic E-state index is 13.7. The van der Waals surface area contributed by atoms with Crippen molar-refractivity contribution in [2.75, 3.05) is 6.61 Å². The molecule has 0 saturated carbocycles. The fourth-order valence-corrected chi connectivity index (χ4v) is 4.24. The van der Waals surface area contributed by atoms with E-state index in [1.807, 2.05) is 12.3 Å². The summed E-state index contributed by atoms with van der Waals surface area (Å²) >= 11 is 3.02. The number of carbonyl (C=O) groups excluding carboxylic acids is 2. The molecule has 3 rings (SSSR count). The van der Waals surface area contributed by atoms with E-state index >= 15 is 0 Å². The van der Waals surface area contributed by atoms with E-state index in [4.69, 9.17) is 4.74 Å². The molecule has 0 aliphatic rings. The van der Waals surface area contributed by atoms with Gasteiger partial charge in [0.1, 0.15) is 16.0 Å². The number of Topliss-reactive ketones (excluding diaryl/α,β-unsaturated/α-hetero) is 1. The number of ketones is 1. The van der Waals surface area contributed by atoms with Crippen LogP contribution in [0.2, 0.25) is 0 Å². The number of thioether (sulfide) groups is 1. The number of carbonyl (C=O) groups is 2. The van der Waals surface area contributed by atoms with E-state index < -0.39 is 30.0 Å². The van der Waals surface area contributed by atoms with Gasteiger partial charge in [0, 0.05) is 22.9 Å². The lowest BCUT2D eigenvalue weighted by molar-refractivity contribution is 0.0472. The number of aromatic nitrogens is 1. The molecule has 1 heterocycles. The summed E-state index contributed by atoms with van der Waals surface area (Å²) < 4.78 is 32.6. The van der Waals surface area contributed by atoms with Crippen molar-refractivity contribution in [3.8, 4) is 0 Å². The molecule has 8 heteroatoms. The van der Waals surface area contributed by atoms with Gasteiger partial charge in [0.05, 0.1) is 11.1 Å². The van der Waals surface area contributed by atoms with E-state index in [2.05, 4.69) is 4.98 Å². The van der Waals surface area contributed by atoms with E-state index in [0.717, 1.165) is 27.7 Å². The molecule has 0 fully saturated rings. The highest BCUT2D eigenvalue weighted by molar-refractivity contribution is 8.00. The van der Waals surface area contributed by atoms with Crippen LogP contribution < -0.4 is 0 Å². The third kappa shape index (κ3) is 5.02. The Bertz CT molecular complexity index is 1020. The second-order valence-corrected chi connectivity index (χ2v) is 7.90. The monoisotopic (exact) mass is 419 g/mol. The smallest absolute Gasteiger partial charge is 0.338 e. The number of thiazole rings is 1. The van der Waals surface area contributed by atoms with Crippen LogP contribution in [0.3, 0.4) is 0 Å². The van der Waals surface area contributed by atoms with Gasteiger partial charge in [0.15, 0.2) is 6.61 Å². The van der Waals surface area contributed by atoms with E-state index in [0.29, 0.717) is 17.4 Å². The van der Waals surface area contributed by atoms with Crippen LogP contribution in [-0.2, 0) is 10.5 Å². The Balaban J connectivity index is 1.64. The van der Waals surface area contributed by atoms with Crippen LogP contribution in [0.5, 0.6) is 0 Å². The third-order valence-electron chi connectivity index (χ3n) is 3.75. The molecule has 0 amide bonds. The van der Waals surface area contributed by atoms with Gasteiger partial charge in [-0.2, -0.15) is 0 Å². The standard InChI is InChI=1S/C20H15F2NO3S2/c1-12-10-27-20(23-12)28-11-13-4-2-3-5-15(13)19(25)26-9-18(24)16-7-6-14(21)8-17(16)22/h2-8,10H,9,11H2,1H3. The van der Waals surface area contributed by atoms with Gasteiger partial charge in [-0.05, 0) is 30.7 Å². The molecule has 0 aliphatic carbocycles. The van der Waals surface area contributed by atoms with Crippen molar-refractivity contribution in [2.24, 2.45) is 0 Å². The minimum Gasteiger partial charge on any atom is -0.454 e. The van der Waals surface area contributed by atoms with Crippen molar-refractivity contribution in [1.29, 1.82) is 0 Å². The van der Waals surface area contributed by atoms with Gasteiger partial charge in [-0.25, -0.2) is 18.6 Å². The zero-order chi connectivity index (χ0) is 20.1. The molecule has 28 heavy (non-hydrogen) atoms. The molecule has 0 unspecified atom stereocenters. The lowest BCUT2D eigenvalue weighted by atomic mass is 10.1. The molecule has 0 radical (unpaired) electrons. The first-order chi connectivity index (χ1) is 13.4. The summed E-state index contributed by atoms with van der Waals surface area (Å²) in [5.41, 5.74) is 1.69. The van der Waals surface area contributed by atoms with Crippen molar-refractivity contribution in [3.63, 3.8) is 0 Å². The van der Waals surface area contributed by atoms with Gasteiger partial charge >= 0.3 is 5.97 Å². The Hall–Kier alpha value is -2.58. The molecule has 3 aromatic rings. The molecule has 0 spiro atoms. The number of ether oxygens (including phenoxy) is 1. The van der Waals surface area contributed by atoms with Crippen LogP contribution in [0.4, 0.5) is 8.78 Å². The fraction of sp³-hybridized carbons (Fsp3) is 0.150. The number of hydrogen-bond acceptors (Lipinski definition) is 6. The topological polar surface area (TPSA) is 56.3 Å². The van der Waals surface area contributed by atoms with Crippen LogP contribution in [0.15, 0.2) is 52.2 Å². The molecule has 0 saturated heterocycles. The highest BCUT2D eigenvalue weighted by atomic mass is 32.2. The maximum Gasteiger partial charge on any atom is 0.338 e. The van der Waals surface area contributed by atoms with E-state index in [-0.39, 0.29) is 5.56 Å². The van der Waals surface area contributed by atoms with Gasteiger partial charge in [-0.3, -0.25) is 4.79 Å². The lowest BCUT2D eigenvalue weighted by Crippen LogP contribution is -2.16. The molecule has 2 aromatic carbocycles. The van der Waals surface area contributed by atoms with Crippen LogP contribution in [0, 0.1) is 18.6 Å². The molecule has 0 N–H and O–H groups in total. The second-order valence-electron chi connectivity index (χ2n) is 5.82. The summed E-state index contributed by atoms with van der Waals surface area (Å²) in [5, 5.41) is 1.95. The van der Waals surface area contributed by atoms with Crippen molar-refractivity contribution < 1.29 is 23.1 Å². The van der Waals surface area contributed by atoms with Crippen LogP contribution in [0.1, 0.15) is 32.0 Å². The van der Waals surface area contributed by atoms with E-state index in [1.54, 1.807) is 24.3 Å². The Labute approximate surface area is 168 Å². The van der Waals surface area contributed by atoms with Crippen molar-refractivity contribution in [1.82, 2.24) is 4.98 Å². The van der Waals surface area contributed by atoms with Crippen molar-refractivity contribution >= 4 is 34.9 Å².